The van der Waals surface area contributed by atoms with E-state index >= 15 is 0 Å². The molecule has 0 saturated carbocycles. The minimum Gasteiger partial charge on any atom is -0.331 e. The summed E-state index contributed by atoms with van der Waals surface area (Å²) in [5.74, 6) is 0. The van der Waals surface area contributed by atoms with Gasteiger partial charge in [0.05, 0.1) is 6.54 Å². The molecule has 1 saturated heterocycles. The Morgan fingerprint density at radius 1 is 1.33 bits per heavy atom. The lowest BCUT2D eigenvalue weighted by atomic mass is 10.1. The van der Waals surface area contributed by atoms with Gasteiger partial charge in [0.25, 0.3) is 0 Å². The van der Waals surface area contributed by atoms with E-state index in [2.05, 4.69) is 5.32 Å². The van der Waals surface area contributed by atoms with E-state index in [1.807, 2.05) is 0 Å². The van der Waals surface area contributed by atoms with Crippen LogP contribution in [0.5, 0.6) is 0 Å². The molecule has 1 fully saturated rings. The van der Waals surface area contributed by atoms with E-state index in [1.165, 1.54) is 6.42 Å². The van der Waals surface area contributed by atoms with Gasteiger partial charge < -0.3 is 15.0 Å². The average Bonchev–Trinajstić information content (AvgIpc) is 2.15. The Hall–Kier alpha value is -1.06. The molecule has 4 heteroatoms. The molecule has 0 aromatic carbocycles. The Balaban J connectivity index is 2.24. The SMILES string of the molecule is O=CCNC(=O)N1CCCCC1. The van der Waals surface area contributed by atoms with Crippen molar-refractivity contribution in [3.8, 4) is 0 Å². The summed E-state index contributed by atoms with van der Waals surface area (Å²) in [6.07, 6.45) is 4.06. The first-order chi connectivity index (χ1) is 5.84. The second-order valence-corrected chi connectivity index (χ2v) is 2.90. The summed E-state index contributed by atoms with van der Waals surface area (Å²) in [5.41, 5.74) is 0. The first kappa shape index (κ1) is 9.03. The van der Waals surface area contributed by atoms with E-state index in [0.717, 1.165) is 25.9 Å². The van der Waals surface area contributed by atoms with Crippen LogP contribution in [0.15, 0.2) is 0 Å². The normalized spacial score (nSPS) is 17.2. The Kier molecular flexibility index (Phi) is 3.57. The van der Waals surface area contributed by atoms with Gasteiger partial charge in [-0.25, -0.2) is 4.79 Å². The summed E-state index contributed by atoms with van der Waals surface area (Å²) < 4.78 is 0. The van der Waals surface area contributed by atoms with Crippen molar-refractivity contribution in [1.29, 1.82) is 0 Å². The molecule has 1 heterocycles. The fourth-order valence-electron chi connectivity index (χ4n) is 1.34. The number of rotatable bonds is 2. The molecular weight excluding hydrogens is 156 g/mol. The lowest BCUT2D eigenvalue weighted by molar-refractivity contribution is -0.107. The van der Waals surface area contributed by atoms with Crippen LogP contribution in [0.4, 0.5) is 4.79 Å². The number of nitrogens with zero attached hydrogens (tertiary/aromatic N) is 1. The summed E-state index contributed by atoms with van der Waals surface area (Å²) in [6, 6.07) is -0.109. The second-order valence-electron chi connectivity index (χ2n) is 2.90. The molecule has 0 bridgehead atoms. The van der Waals surface area contributed by atoms with Crippen LogP contribution in [-0.2, 0) is 4.79 Å². The van der Waals surface area contributed by atoms with Gasteiger partial charge in [-0.2, -0.15) is 0 Å². The molecule has 0 unspecified atom stereocenters. The first-order valence-corrected chi connectivity index (χ1v) is 4.31. The van der Waals surface area contributed by atoms with Gasteiger partial charge >= 0.3 is 6.03 Å². The molecule has 1 aliphatic rings. The topological polar surface area (TPSA) is 49.4 Å². The zero-order valence-corrected chi connectivity index (χ0v) is 7.08. The molecule has 1 N–H and O–H groups in total. The number of carbonyl (C=O) groups excluding carboxylic acids is 2. The summed E-state index contributed by atoms with van der Waals surface area (Å²) in [6.45, 7) is 1.77. The van der Waals surface area contributed by atoms with E-state index < -0.39 is 0 Å². The van der Waals surface area contributed by atoms with Crippen LogP contribution in [0, 0.1) is 0 Å². The number of hydrogen-bond donors (Lipinski definition) is 1. The fourth-order valence-corrected chi connectivity index (χ4v) is 1.34. The minimum atomic E-state index is -0.109. The molecular formula is C8H14N2O2. The number of nitrogens with one attached hydrogen (secondary N) is 1. The monoisotopic (exact) mass is 170 g/mol. The predicted octanol–water partition coefficient (Wildman–Crippen LogP) is 0.381. The van der Waals surface area contributed by atoms with Crippen molar-refractivity contribution < 1.29 is 9.59 Å². The van der Waals surface area contributed by atoms with E-state index in [-0.39, 0.29) is 12.6 Å². The molecule has 4 nitrogen and oxygen atoms in total. The highest BCUT2D eigenvalue weighted by molar-refractivity contribution is 5.76. The van der Waals surface area contributed by atoms with Crippen LogP contribution in [0.3, 0.4) is 0 Å². The lowest BCUT2D eigenvalue weighted by Gasteiger charge is -2.26. The Bertz CT molecular complexity index is 164. The van der Waals surface area contributed by atoms with Crippen LogP contribution in [0.2, 0.25) is 0 Å². The van der Waals surface area contributed by atoms with Crippen molar-refractivity contribution in [2.24, 2.45) is 0 Å². The van der Waals surface area contributed by atoms with Crippen LogP contribution in [0.25, 0.3) is 0 Å². The van der Waals surface area contributed by atoms with Crippen molar-refractivity contribution in [2.45, 2.75) is 19.3 Å². The highest BCUT2D eigenvalue weighted by Gasteiger charge is 2.14. The van der Waals surface area contributed by atoms with E-state index in [0.29, 0.717) is 6.29 Å². The smallest absolute Gasteiger partial charge is 0.317 e. The maximum atomic E-state index is 11.2. The first-order valence-electron chi connectivity index (χ1n) is 4.31. The molecule has 0 aliphatic carbocycles. The summed E-state index contributed by atoms with van der Waals surface area (Å²) in [7, 11) is 0. The van der Waals surface area contributed by atoms with Crippen molar-refractivity contribution in [3.05, 3.63) is 0 Å². The van der Waals surface area contributed by atoms with Gasteiger partial charge in [-0.1, -0.05) is 0 Å². The number of carbonyl (C=O) groups is 2. The Labute approximate surface area is 71.9 Å². The maximum Gasteiger partial charge on any atom is 0.317 e. The molecule has 12 heavy (non-hydrogen) atoms. The highest BCUT2D eigenvalue weighted by Crippen LogP contribution is 2.07. The van der Waals surface area contributed by atoms with E-state index in [4.69, 9.17) is 0 Å². The number of hydrogen-bond acceptors (Lipinski definition) is 2. The molecule has 0 spiro atoms. The molecule has 0 aromatic rings. The molecule has 1 aliphatic heterocycles. The lowest BCUT2D eigenvalue weighted by Crippen LogP contribution is -2.43. The van der Waals surface area contributed by atoms with E-state index in [9.17, 15) is 9.59 Å². The van der Waals surface area contributed by atoms with Gasteiger partial charge in [0.2, 0.25) is 0 Å². The highest BCUT2D eigenvalue weighted by atomic mass is 16.2. The van der Waals surface area contributed by atoms with Gasteiger partial charge in [-0.3, -0.25) is 0 Å². The molecule has 0 radical (unpaired) electrons. The van der Waals surface area contributed by atoms with Crippen LogP contribution in [0.1, 0.15) is 19.3 Å². The van der Waals surface area contributed by atoms with Gasteiger partial charge in [0.15, 0.2) is 0 Å². The second kappa shape index (κ2) is 4.74. The molecule has 2 amide bonds. The standard InChI is InChI=1S/C8H14N2O2/c11-7-4-9-8(12)10-5-2-1-3-6-10/h7H,1-6H2,(H,9,12). The van der Waals surface area contributed by atoms with Gasteiger partial charge in [-0.15, -0.1) is 0 Å². The fraction of sp³-hybridized carbons (Fsp3) is 0.750. The largest absolute Gasteiger partial charge is 0.331 e. The van der Waals surface area contributed by atoms with Gasteiger partial charge in [-0.05, 0) is 19.3 Å². The molecule has 1 rings (SSSR count). The molecule has 68 valence electrons. The van der Waals surface area contributed by atoms with Gasteiger partial charge in [0, 0.05) is 13.1 Å². The van der Waals surface area contributed by atoms with Gasteiger partial charge in [0.1, 0.15) is 6.29 Å². The van der Waals surface area contributed by atoms with Crippen molar-refractivity contribution in [1.82, 2.24) is 10.2 Å². The third kappa shape index (κ3) is 2.53. The number of aldehydes is 1. The zero-order valence-electron chi connectivity index (χ0n) is 7.08. The van der Waals surface area contributed by atoms with Crippen molar-refractivity contribution in [2.75, 3.05) is 19.6 Å². The number of urea groups is 1. The van der Waals surface area contributed by atoms with Crippen LogP contribution >= 0.6 is 0 Å². The third-order valence-electron chi connectivity index (χ3n) is 1.98. The van der Waals surface area contributed by atoms with Crippen molar-refractivity contribution in [3.63, 3.8) is 0 Å². The number of amides is 2. The quantitative estimate of drug-likeness (QED) is 0.609. The molecule has 0 atom stereocenters. The van der Waals surface area contributed by atoms with Crippen LogP contribution < -0.4 is 5.32 Å². The number of piperidine rings is 1. The summed E-state index contributed by atoms with van der Waals surface area (Å²) >= 11 is 0. The van der Waals surface area contributed by atoms with Crippen LogP contribution in [-0.4, -0.2) is 36.9 Å². The number of likely N-dealkylation sites (tertiary alicyclic amines) is 1. The van der Waals surface area contributed by atoms with E-state index in [1.54, 1.807) is 4.90 Å². The maximum absolute atomic E-state index is 11.2. The molecule has 0 aromatic heterocycles. The Morgan fingerprint density at radius 2 is 2.00 bits per heavy atom. The zero-order chi connectivity index (χ0) is 8.81. The third-order valence-corrected chi connectivity index (χ3v) is 1.98. The Morgan fingerprint density at radius 3 is 2.58 bits per heavy atom. The average molecular weight is 170 g/mol. The summed E-state index contributed by atoms with van der Waals surface area (Å²) in [4.78, 5) is 22.9. The predicted molar refractivity (Wildman–Crippen MR) is 44.9 cm³/mol. The van der Waals surface area contributed by atoms with Crippen molar-refractivity contribution >= 4 is 12.3 Å². The minimum absolute atomic E-state index is 0.109. The summed E-state index contributed by atoms with van der Waals surface area (Å²) in [5, 5.41) is 2.52.